The minimum absolute atomic E-state index is 0.100. The van der Waals surface area contributed by atoms with Crippen molar-refractivity contribution in [2.24, 2.45) is 0 Å². The van der Waals surface area contributed by atoms with Crippen molar-refractivity contribution >= 4 is 5.91 Å². The first-order valence-electron chi connectivity index (χ1n) is 7.53. The minimum Gasteiger partial charge on any atom is -0.467 e. The Bertz CT molecular complexity index is 742. The van der Waals surface area contributed by atoms with E-state index in [0.29, 0.717) is 12.1 Å². The summed E-state index contributed by atoms with van der Waals surface area (Å²) < 4.78 is 7.26. The third-order valence-electron chi connectivity index (χ3n) is 3.94. The normalized spacial score (nSPS) is 12.1. The van der Waals surface area contributed by atoms with Gasteiger partial charge in [-0.3, -0.25) is 9.48 Å². The number of carbonyl (C=O) groups is 1. The zero-order chi connectivity index (χ0) is 16.2. The van der Waals surface area contributed by atoms with Crippen LogP contribution in [0.3, 0.4) is 0 Å². The van der Waals surface area contributed by atoms with E-state index in [4.69, 9.17) is 4.42 Å². The largest absolute Gasteiger partial charge is 0.467 e. The number of nitrogens with zero attached hydrogens (tertiary/aromatic N) is 2. The first-order chi connectivity index (χ1) is 11.1. The van der Waals surface area contributed by atoms with Gasteiger partial charge in [-0.25, -0.2) is 0 Å². The third-order valence-corrected chi connectivity index (χ3v) is 3.94. The van der Waals surface area contributed by atoms with Crippen LogP contribution < -0.4 is 5.32 Å². The number of aromatic nitrogens is 2. The van der Waals surface area contributed by atoms with Gasteiger partial charge in [0.25, 0.3) is 5.91 Å². The smallest absolute Gasteiger partial charge is 0.251 e. The van der Waals surface area contributed by atoms with Crippen molar-refractivity contribution in [2.45, 2.75) is 19.9 Å². The molecule has 0 fully saturated rings. The summed E-state index contributed by atoms with van der Waals surface area (Å²) in [5, 5.41) is 7.22. The minimum atomic E-state index is -0.171. The zero-order valence-corrected chi connectivity index (χ0v) is 13.2. The fourth-order valence-electron chi connectivity index (χ4n) is 2.44. The topological polar surface area (TPSA) is 60.1 Å². The molecule has 1 N–H and O–H groups in total. The summed E-state index contributed by atoms with van der Waals surface area (Å²) in [6.07, 6.45) is 5.19. The maximum absolute atomic E-state index is 12.4. The third kappa shape index (κ3) is 3.34. The Hall–Kier alpha value is -2.82. The lowest BCUT2D eigenvalue weighted by atomic mass is 10.1. The Morgan fingerprint density at radius 1 is 1.26 bits per heavy atom. The van der Waals surface area contributed by atoms with Crippen molar-refractivity contribution in [1.29, 1.82) is 0 Å². The molecular weight excluding hydrogens is 290 g/mol. The summed E-state index contributed by atoms with van der Waals surface area (Å²) in [6.45, 7) is 4.43. The molecule has 0 spiro atoms. The second-order valence-corrected chi connectivity index (χ2v) is 5.53. The molecule has 0 saturated carbocycles. The quantitative estimate of drug-likeness (QED) is 0.788. The van der Waals surface area contributed by atoms with Gasteiger partial charge in [0.1, 0.15) is 11.8 Å². The van der Waals surface area contributed by atoms with Gasteiger partial charge in [0.2, 0.25) is 0 Å². The molecule has 5 heteroatoms. The highest BCUT2D eigenvalue weighted by molar-refractivity contribution is 5.94. The maximum Gasteiger partial charge on any atom is 0.251 e. The van der Waals surface area contributed by atoms with Gasteiger partial charge in [-0.1, -0.05) is 6.07 Å². The van der Waals surface area contributed by atoms with Crippen molar-refractivity contribution < 1.29 is 9.21 Å². The molecule has 0 radical (unpaired) electrons. The van der Waals surface area contributed by atoms with E-state index in [0.717, 1.165) is 11.3 Å². The van der Waals surface area contributed by atoms with Crippen LogP contribution in [0.5, 0.6) is 0 Å². The number of benzene rings is 1. The van der Waals surface area contributed by atoms with Gasteiger partial charge in [0, 0.05) is 24.5 Å². The summed E-state index contributed by atoms with van der Waals surface area (Å²) in [6, 6.07) is 11.1. The summed E-state index contributed by atoms with van der Waals surface area (Å²) in [7, 11) is 0. The van der Waals surface area contributed by atoms with Crippen LogP contribution in [0.4, 0.5) is 0 Å². The van der Waals surface area contributed by atoms with Crippen LogP contribution >= 0.6 is 0 Å². The Balaban J connectivity index is 1.74. The van der Waals surface area contributed by atoms with Crippen molar-refractivity contribution in [1.82, 2.24) is 15.1 Å². The van der Waals surface area contributed by atoms with E-state index >= 15 is 0 Å². The highest BCUT2D eigenvalue weighted by Gasteiger charge is 2.18. The lowest BCUT2D eigenvalue weighted by molar-refractivity contribution is 0.0948. The van der Waals surface area contributed by atoms with Gasteiger partial charge >= 0.3 is 0 Å². The molecule has 3 rings (SSSR count). The lowest BCUT2D eigenvalue weighted by Crippen LogP contribution is -2.31. The molecular formula is C18H19N3O2. The number of furan rings is 1. The number of amides is 1. The lowest BCUT2D eigenvalue weighted by Gasteiger charge is -2.16. The van der Waals surface area contributed by atoms with E-state index in [1.807, 2.05) is 56.4 Å². The fourth-order valence-corrected chi connectivity index (χ4v) is 2.44. The second kappa shape index (κ2) is 6.52. The van der Waals surface area contributed by atoms with Crippen LogP contribution in [0.15, 0.2) is 59.5 Å². The van der Waals surface area contributed by atoms with Gasteiger partial charge < -0.3 is 9.73 Å². The molecule has 0 bridgehead atoms. The molecule has 0 aliphatic carbocycles. The van der Waals surface area contributed by atoms with E-state index < -0.39 is 0 Å². The number of hydrogen-bond acceptors (Lipinski definition) is 3. The predicted molar refractivity (Wildman–Crippen MR) is 87.3 cm³/mol. The molecule has 1 amide bonds. The van der Waals surface area contributed by atoms with E-state index in [-0.39, 0.29) is 11.9 Å². The monoisotopic (exact) mass is 309 g/mol. The standard InChI is InChI=1S/C18H19N3O2/c1-13-6-7-15(11-14(13)2)18(22)19-12-16(17-5-3-10-23-17)21-9-4-8-20-21/h3-11,16H,12H2,1-2H3,(H,19,22). The molecule has 1 unspecified atom stereocenters. The number of hydrogen-bond donors (Lipinski definition) is 1. The summed E-state index contributed by atoms with van der Waals surface area (Å²) in [5.74, 6) is 0.658. The van der Waals surface area contributed by atoms with Crippen molar-refractivity contribution in [2.75, 3.05) is 6.54 Å². The highest BCUT2D eigenvalue weighted by Crippen LogP contribution is 2.17. The first-order valence-corrected chi connectivity index (χ1v) is 7.53. The van der Waals surface area contributed by atoms with E-state index in [1.165, 1.54) is 5.56 Å². The highest BCUT2D eigenvalue weighted by atomic mass is 16.3. The molecule has 2 aromatic heterocycles. The number of rotatable bonds is 5. The Morgan fingerprint density at radius 3 is 2.78 bits per heavy atom. The van der Waals surface area contributed by atoms with Crippen molar-refractivity contribution in [3.8, 4) is 0 Å². The van der Waals surface area contributed by atoms with Gasteiger partial charge in [-0.2, -0.15) is 5.10 Å². The Morgan fingerprint density at radius 2 is 2.13 bits per heavy atom. The molecule has 0 saturated heterocycles. The van der Waals surface area contributed by atoms with Gasteiger partial charge in [0.05, 0.1) is 6.26 Å². The van der Waals surface area contributed by atoms with Gasteiger partial charge in [-0.05, 0) is 55.3 Å². The van der Waals surface area contributed by atoms with Gasteiger partial charge in [0.15, 0.2) is 0 Å². The van der Waals surface area contributed by atoms with E-state index in [2.05, 4.69) is 10.4 Å². The number of nitrogens with one attached hydrogen (secondary N) is 1. The molecule has 23 heavy (non-hydrogen) atoms. The molecule has 118 valence electrons. The average molecular weight is 309 g/mol. The van der Waals surface area contributed by atoms with Crippen LogP contribution in [0.25, 0.3) is 0 Å². The van der Waals surface area contributed by atoms with E-state index in [9.17, 15) is 4.79 Å². The second-order valence-electron chi connectivity index (χ2n) is 5.53. The van der Waals surface area contributed by atoms with Crippen molar-refractivity contribution in [3.05, 3.63) is 77.5 Å². The number of carbonyl (C=O) groups excluding carboxylic acids is 1. The Labute approximate surface area is 134 Å². The van der Waals surface area contributed by atoms with E-state index in [1.54, 1.807) is 17.1 Å². The average Bonchev–Trinajstić information content (AvgIpc) is 3.24. The van der Waals surface area contributed by atoms with Crippen molar-refractivity contribution in [3.63, 3.8) is 0 Å². The molecule has 3 aromatic rings. The molecule has 5 nitrogen and oxygen atoms in total. The number of aryl methyl sites for hydroxylation is 2. The first kappa shape index (κ1) is 15.1. The summed E-state index contributed by atoms with van der Waals surface area (Å²) >= 11 is 0. The van der Waals surface area contributed by atoms with Crippen LogP contribution in [-0.2, 0) is 0 Å². The van der Waals surface area contributed by atoms with Crippen LogP contribution in [0.1, 0.15) is 33.3 Å². The van der Waals surface area contributed by atoms with Crippen LogP contribution in [0, 0.1) is 13.8 Å². The van der Waals surface area contributed by atoms with Crippen LogP contribution in [-0.4, -0.2) is 22.2 Å². The molecule has 1 aromatic carbocycles. The predicted octanol–water partition coefficient (Wildman–Crippen LogP) is 3.11. The summed E-state index contributed by atoms with van der Waals surface area (Å²) in [4.78, 5) is 12.4. The molecule has 0 aliphatic heterocycles. The zero-order valence-electron chi connectivity index (χ0n) is 13.2. The summed E-state index contributed by atoms with van der Waals surface area (Å²) in [5.41, 5.74) is 2.94. The Kier molecular flexibility index (Phi) is 4.28. The SMILES string of the molecule is Cc1ccc(C(=O)NCC(c2ccco2)n2cccn2)cc1C. The molecule has 0 aliphatic rings. The van der Waals surface area contributed by atoms with Crippen LogP contribution in [0.2, 0.25) is 0 Å². The molecule has 1 atom stereocenters. The molecule has 2 heterocycles. The fraction of sp³-hybridized carbons (Fsp3) is 0.222. The maximum atomic E-state index is 12.4. The van der Waals surface area contributed by atoms with Gasteiger partial charge in [-0.15, -0.1) is 0 Å².